The number of halogens is 1. The zero-order valence-electron chi connectivity index (χ0n) is 10.0. The van der Waals surface area contributed by atoms with Crippen molar-refractivity contribution in [2.75, 3.05) is 6.61 Å². The summed E-state index contributed by atoms with van der Waals surface area (Å²) in [7, 11) is 1.62. The summed E-state index contributed by atoms with van der Waals surface area (Å²) < 4.78 is 8.35. The van der Waals surface area contributed by atoms with Gasteiger partial charge in [-0.15, -0.1) is 0 Å². The van der Waals surface area contributed by atoms with E-state index in [0.717, 1.165) is 4.47 Å². The number of rotatable bonds is 3. The number of aromatic nitrogens is 3. The summed E-state index contributed by atoms with van der Waals surface area (Å²) in [4.78, 5) is 27.6. The zero-order valence-corrected chi connectivity index (χ0v) is 11.6. The molecule has 2 rings (SSSR count). The predicted molar refractivity (Wildman–Crippen MR) is 69.3 cm³/mol. The van der Waals surface area contributed by atoms with Gasteiger partial charge in [-0.3, -0.25) is 13.9 Å². The molecule has 7 heteroatoms. The molecule has 0 radical (unpaired) electrons. The van der Waals surface area contributed by atoms with Crippen molar-refractivity contribution in [1.82, 2.24) is 14.1 Å². The summed E-state index contributed by atoms with van der Waals surface area (Å²) in [5.41, 5.74) is 0.848. The number of ether oxygens (including phenoxy) is 1. The molecule has 6 nitrogen and oxygen atoms in total. The molecule has 0 saturated heterocycles. The molecule has 0 atom stereocenters. The van der Waals surface area contributed by atoms with Crippen LogP contribution in [0.15, 0.2) is 21.5 Å². The van der Waals surface area contributed by atoms with Gasteiger partial charge in [0.15, 0.2) is 5.65 Å². The minimum atomic E-state index is -0.438. The molecule has 0 N–H and O–H groups in total. The maximum absolute atomic E-state index is 12.0. The van der Waals surface area contributed by atoms with E-state index in [1.165, 1.54) is 9.13 Å². The first-order chi connectivity index (χ1) is 8.54. The normalized spacial score (nSPS) is 10.8. The van der Waals surface area contributed by atoms with Gasteiger partial charge >= 0.3 is 11.7 Å². The van der Waals surface area contributed by atoms with Gasteiger partial charge in [-0.1, -0.05) is 0 Å². The second-order valence-corrected chi connectivity index (χ2v) is 4.64. The molecular weight excluding hydrogens is 302 g/mol. The van der Waals surface area contributed by atoms with Crippen LogP contribution in [-0.4, -0.2) is 26.7 Å². The van der Waals surface area contributed by atoms with Gasteiger partial charge in [0, 0.05) is 17.7 Å². The first-order valence-electron chi connectivity index (χ1n) is 5.41. The fraction of sp³-hybridized carbons (Fsp3) is 0.364. The van der Waals surface area contributed by atoms with Crippen LogP contribution in [0.25, 0.3) is 11.2 Å². The van der Waals surface area contributed by atoms with Gasteiger partial charge < -0.3 is 4.74 Å². The van der Waals surface area contributed by atoms with Crippen LogP contribution >= 0.6 is 15.9 Å². The SMILES string of the molecule is CCOC(=O)Cn1c(=O)n(C)c2ncc(Br)cc21. The highest BCUT2D eigenvalue weighted by Crippen LogP contribution is 2.15. The Kier molecular flexibility index (Phi) is 3.51. The van der Waals surface area contributed by atoms with E-state index < -0.39 is 5.97 Å². The highest BCUT2D eigenvalue weighted by atomic mass is 79.9. The van der Waals surface area contributed by atoms with Crippen LogP contribution in [0.5, 0.6) is 0 Å². The second-order valence-electron chi connectivity index (χ2n) is 3.73. The van der Waals surface area contributed by atoms with Crippen LogP contribution in [0.4, 0.5) is 0 Å². The van der Waals surface area contributed by atoms with Crippen molar-refractivity contribution in [2.45, 2.75) is 13.5 Å². The average Bonchev–Trinajstić information content (AvgIpc) is 2.55. The van der Waals surface area contributed by atoms with Gasteiger partial charge in [0.2, 0.25) is 0 Å². The number of carbonyl (C=O) groups is 1. The zero-order chi connectivity index (χ0) is 13.3. The van der Waals surface area contributed by atoms with Gasteiger partial charge in [-0.25, -0.2) is 9.78 Å². The number of nitrogens with zero attached hydrogens (tertiary/aromatic N) is 3. The van der Waals surface area contributed by atoms with Crippen LogP contribution in [0, 0.1) is 0 Å². The van der Waals surface area contributed by atoms with Gasteiger partial charge in [0.25, 0.3) is 0 Å². The Morgan fingerprint density at radius 2 is 2.28 bits per heavy atom. The molecule has 0 aliphatic carbocycles. The molecule has 0 unspecified atom stereocenters. The number of hydrogen-bond donors (Lipinski definition) is 0. The molecule has 0 aliphatic heterocycles. The fourth-order valence-corrected chi connectivity index (χ4v) is 2.06. The lowest BCUT2D eigenvalue weighted by Crippen LogP contribution is -2.26. The Labute approximate surface area is 111 Å². The van der Waals surface area contributed by atoms with Crippen molar-refractivity contribution < 1.29 is 9.53 Å². The highest BCUT2D eigenvalue weighted by Gasteiger charge is 2.15. The molecule has 0 spiro atoms. The number of fused-ring (bicyclic) bond motifs is 1. The maximum atomic E-state index is 12.0. The lowest BCUT2D eigenvalue weighted by Gasteiger charge is -2.02. The van der Waals surface area contributed by atoms with Crippen LogP contribution < -0.4 is 5.69 Å². The Morgan fingerprint density at radius 3 is 2.94 bits per heavy atom. The number of imidazole rings is 1. The number of carbonyl (C=O) groups excluding carboxylic acids is 1. The molecule has 0 aromatic carbocycles. The minimum absolute atomic E-state index is 0.109. The summed E-state index contributed by atoms with van der Waals surface area (Å²) in [6.07, 6.45) is 1.61. The van der Waals surface area contributed by atoms with E-state index in [-0.39, 0.29) is 12.2 Å². The van der Waals surface area contributed by atoms with Crippen molar-refractivity contribution in [3.05, 3.63) is 27.2 Å². The van der Waals surface area contributed by atoms with Gasteiger partial charge in [0.05, 0.1) is 12.1 Å². The van der Waals surface area contributed by atoms with E-state index in [4.69, 9.17) is 4.74 Å². The monoisotopic (exact) mass is 313 g/mol. The van der Waals surface area contributed by atoms with Crippen LogP contribution in [0.3, 0.4) is 0 Å². The van der Waals surface area contributed by atoms with Crippen molar-refractivity contribution >= 4 is 33.1 Å². The standard InChI is InChI=1S/C11H12BrN3O3/c1-3-18-9(16)6-15-8-4-7(12)5-13-10(8)14(2)11(15)17/h4-5H,3,6H2,1-2H3. The Morgan fingerprint density at radius 1 is 1.56 bits per heavy atom. The molecule has 0 amide bonds. The number of pyridine rings is 1. The molecule has 2 heterocycles. The van der Waals surface area contributed by atoms with Gasteiger partial charge in [0.1, 0.15) is 6.54 Å². The molecule has 18 heavy (non-hydrogen) atoms. The topological polar surface area (TPSA) is 66.1 Å². The second kappa shape index (κ2) is 4.93. The maximum Gasteiger partial charge on any atom is 0.330 e. The molecule has 2 aromatic rings. The predicted octanol–water partition coefficient (Wildman–Crippen LogP) is 1.06. The Bertz CT molecular complexity index is 659. The minimum Gasteiger partial charge on any atom is -0.465 e. The van der Waals surface area contributed by atoms with Crippen LogP contribution in [0.1, 0.15) is 6.92 Å². The van der Waals surface area contributed by atoms with Crippen molar-refractivity contribution in [1.29, 1.82) is 0 Å². The van der Waals surface area contributed by atoms with Crippen molar-refractivity contribution in [3.8, 4) is 0 Å². The van der Waals surface area contributed by atoms with Crippen LogP contribution in [-0.2, 0) is 23.1 Å². The Balaban J connectivity index is 2.55. The fourth-order valence-electron chi connectivity index (χ4n) is 1.74. The van der Waals surface area contributed by atoms with Gasteiger partial charge in [-0.05, 0) is 28.9 Å². The largest absolute Gasteiger partial charge is 0.465 e. The molecule has 0 saturated carbocycles. The number of hydrogen-bond acceptors (Lipinski definition) is 4. The first kappa shape index (κ1) is 12.8. The molecule has 96 valence electrons. The van der Waals surface area contributed by atoms with Gasteiger partial charge in [-0.2, -0.15) is 0 Å². The first-order valence-corrected chi connectivity index (χ1v) is 6.20. The molecule has 0 bridgehead atoms. The van der Waals surface area contributed by atoms with E-state index in [9.17, 15) is 9.59 Å². The lowest BCUT2D eigenvalue weighted by molar-refractivity contribution is -0.143. The van der Waals surface area contributed by atoms with E-state index in [0.29, 0.717) is 17.8 Å². The molecule has 2 aromatic heterocycles. The molecule has 0 aliphatic rings. The summed E-state index contributed by atoms with van der Waals surface area (Å²) in [5, 5.41) is 0. The summed E-state index contributed by atoms with van der Waals surface area (Å²) in [5.74, 6) is -0.438. The quantitative estimate of drug-likeness (QED) is 0.795. The summed E-state index contributed by atoms with van der Waals surface area (Å²) in [6, 6.07) is 1.75. The third kappa shape index (κ3) is 2.17. The number of esters is 1. The summed E-state index contributed by atoms with van der Waals surface area (Å²) >= 11 is 3.29. The Hall–Kier alpha value is -1.63. The lowest BCUT2D eigenvalue weighted by atomic mass is 10.4. The van der Waals surface area contributed by atoms with E-state index >= 15 is 0 Å². The summed E-state index contributed by atoms with van der Waals surface area (Å²) in [6.45, 7) is 1.91. The number of aryl methyl sites for hydroxylation is 1. The van der Waals surface area contributed by atoms with Crippen molar-refractivity contribution in [3.63, 3.8) is 0 Å². The van der Waals surface area contributed by atoms with Crippen molar-refractivity contribution in [2.24, 2.45) is 7.05 Å². The third-order valence-electron chi connectivity index (χ3n) is 2.53. The van der Waals surface area contributed by atoms with E-state index in [2.05, 4.69) is 20.9 Å². The smallest absolute Gasteiger partial charge is 0.330 e. The highest BCUT2D eigenvalue weighted by molar-refractivity contribution is 9.10. The van der Waals surface area contributed by atoms with E-state index in [1.807, 2.05) is 0 Å². The van der Waals surface area contributed by atoms with Crippen LogP contribution in [0.2, 0.25) is 0 Å². The average molecular weight is 314 g/mol. The third-order valence-corrected chi connectivity index (χ3v) is 2.97. The molecular formula is C11H12BrN3O3. The molecule has 0 fully saturated rings. The van der Waals surface area contributed by atoms with E-state index in [1.54, 1.807) is 26.2 Å².